The maximum Gasteiger partial charge on any atom is 0.354 e. The number of carboxylic acid groups (broad SMARTS) is 2. The summed E-state index contributed by atoms with van der Waals surface area (Å²) in [6.45, 7) is 0. The number of hydrogen-bond donors (Lipinski definition) is 2. The van der Waals surface area contributed by atoms with Crippen LogP contribution in [0.2, 0.25) is 0 Å². The van der Waals surface area contributed by atoms with Gasteiger partial charge >= 0.3 is 11.9 Å². The normalized spacial score (nSPS) is 16.0. The molecule has 1 atom stereocenters. The minimum Gasteiger partial charge on any atom is -0.480 e. The van der Waals surface area contributed by atoms with E-state index in [1.54, 1.807) is 12.1 Å². The molecule has 0 saturated heterocycles. The lowest BCUT2D eigenvalue weighted by molar-refractivity contribution is -0.140. The molecule has 4 aromatic heterocycles. The fourth-order valence-electron chi connectivity index (χ4n) is 8.72. The Balaban J connectivity index is 0.000000145. The maximum absolute atomic E-state index is 13.3. The van der Waals surface area contributed by atoms with Gasteiger partial charge in [0.15, 0.2) is 5.69 Å². The molecule has 1 aliphatic heterocycles. The maximum atomic E-state index is 13.3. The number of rotatable bonds is 9. The Morgan fingerprint density at radius 3 is 1.83 bits per heavy atom. The van der Waals surface area contributed by atoms with E-state index in [-0.39, 0.29) is 16.8 Å². The van der Waals surface area contributed by atoms with Gasteiger partial charge in [0.25, 0.3) is 11.1 Å². The molecule has 0 radical (unpaired) electrons. The molecular formula is C48H38N2O6S3. The van der Waals surface area contributed by atoms with E-state index in [0.29, 0.717) is 35.3 Å². The minimum absolute atomic E-state index is 0.0759. The number of nitrogens with zero attached hydrogens (tertiary/aromatic N) is 2. The summed E-state index contributed by atoms with van der Waals surface area (Å²) in [6.07, 6.45) is 5.74. The summed E-state index contributed by atoms with van der Waals surface area (Å²) in [5.74, 6) is -0.722. The third-order valence-corrected chi connectivity index (χ3v) is 14.8. The van der Waals surface area contributed by atoms with E-state index < -0.39 is 18.0 Å². The molecule has 2 fully saturated rings. The fourth-order valence-corrected chi connectivity index (χ4v) is 12.3. The van der Waals surface area contributed by atoms with Crippen LogP contribution in [0.1, 0.15) is 87.4 Å². The summed E-state index contributed by atoms with van der Waals surface area (Å²) < 4.78 is 2.94. The molecular weight excluding hydrogens is 797 g/mol. The molecule has 11 heteroatoms. The minimum atomic E-state index is -1.07. The van der Waals surface area contributed by atoms with Crippen molar-refractivity contribution in [3.63, 3.8) is 0 Å². The van der Waals surface area contributed by atoms with Gasteiger partial charge in [-0.25, -0.2) is 9.59 Å². The highest BCUT2D eigenvalue weighted by molar-refractivity contribution is 7.99. The van der Waals surface area contributed by atoms with E-state index >= 15 is 0 Å². The third kappa shape index (κ3) is 6.90. The summed E-state index contributed by atoms with van der Waals surface area (Å²) in [4.78, 5) is 51.3. The molecule has 0 unspecified atom stereocenters. The molecule has 3 aliphatic rings. The highest BCUT2D eigenvalue weighted by atomic mass is 32.2. The van der Waals surface area contributed by atoms with Gasteiger partial charge in [0, 0.05) is 23.4 Å². The van der Waals surface area contributed by atoms with E-state index in [2.05, 4.69) is 60.7 Å². The van der Waals surface area contributed by atoms with Crippen LogP contribution in [-0.4, -0.2) is 36.9 Å². The van der Waals surface area contributed by atoms with Crippen molar-refractivity contribution in [2.45, 2.75) is 61.4 Å². The molecule has 0 spiro atoms. The van der Waals surface area contributed by atoms with Crippen molar-refractivity contribution in [2.24, 2.45) is 0 Å². The Kier molecular flexibility index (Phi) is 9.62. The van der Waals surface area contributed by atoms with E-state index in [9.17, 15) is 29.4 Å². The number of pyridine rings is 2. The van der Waals surface area contributed by atoms with Crippen LogP contribution in [0, 0.1) is 0 Å². The van der Waals surface area contributed by atoms with Gasteiger partial charge in [0.05, 0.1) is 9.90 Å². The van der Waals surface area contributed by atoms with Crippen molar-refractivity contribution in [3.05, 3.63) is 174 Å². The van der Waals surface area contributed by atoms with Crippen molar-refractivity contribution in [3.8, 4) is 10.4 Å². The number of benzene rings is 4. The van der Waals surface area contributed by atoms with Crippen LogP contribution in [0.25, 0.3) is 36.8 Å². The Hall–Kier alpha value is -5.75. The highest BCUT2D eigenvalue weighted by Crippen LogP contribution is 2.49. The number of carboxylic acids is 2. The van der Waals surface area contributed by atoms with Crippen molar-refractivity contribution >= 4 is 72.7 Å². The van der Waals surface area contributed by atoms with Gasteiger partial charge < -0.3 is 10.2 Å². The van der Waals surface area contributed by atoms with Crippen LogP contribution in [0.15, 0.2) is 129 Å². The molecule has 8 nitrogen and oxygen atoms in total. The smallest absolute Gasteiger partial charge is 0.354 e. The van der Waals surface area contributed by atoms with Crippen LogP contribution in [0.5, 0.6) is 0 Å². The third-order valence-electron chi connectivity index (χ3n) is 11.7. The van der Waals surface area contributed by atoms with Gasteiger partial charge in [0.1, 0.15) is 10.9 Å². The largest absolute Gasteiger partial charge is 0.480 e. The first kappa shape index (κ1) is 37.5. The molecule has 0 bridgehead atoms. The number of aliphatic carboxylic acids is 1. The number of thiophene rings is 1. The Morgan fingerprint density at radius 2 is 1.25 bits per heavy atom. The number of aromatic nitrogens is 2. The molecule has 0 amide bonds. The van der Waals surface area contributed by atoms with Gasteiger partial charge in [-0.3, -0.25) is 18.6 Å². The van der Waals surface area contributed by atoms with Gasteiger partial charge in [-0.05, 0) is 122 Å². The first-order valence-electron chi connectivity index (χ1n) is 19.8. The molecule has 2 saturated carbocycles. The van der Waals surface area contributed by atoms with Crippen LogP contribution < -0.4 is 11.1 Å². The van der Waals surface area contributed by atoms with Crippen molar-refractivity contribution < 1.29 is 19.8 Å². The van der Waals surface area contributed by atoms with Gasteiger partial charge in [-0.2, -0.15) is 11.3 Å². The predicted molar refractivity (Wildman–Crippen MR) is 237 cm³/mol. The predicted octanol–water partition coefficient (Wildman–Crippen LogP) is 10.6. The number of thioether (sulfide) groups is 1. The van der Waals surface area contributed by atoms with E-state index in [4.69, 9.17) is 0 Å². The van der Waals surface area contributed by atoms with Crippen LogP contribution in [0.3, 0.4) is 0 Å². The van der Waals surface area contributed by atoms with Gasteiger partial charge in [-0.15, -0.1) is 23.1 Å². The second-order valence-corrected chi connectivity index (χ2v) is 18.4. The standard InChI is InChI=1S/C26H19NO3S2.C22H19NO3S/c28-21-13-19(12-17-6-3-5-15-4-1-2-7-20(15)17)22(16-8-9-16)25-27(21)23(26(29)30)24(32-25)18-10-11-31-14-18;24-19-11-16(10-15-6-3-5-13-4-1-2-7-17(13)15)20(14-8-9-14)21-23(19)18(12-27-21)22(25)26/h1-7,10-11,13-14,16H,8-9,12H2,(H,29,30);1-7,11,14,18H,8-10,12H2,(H,25,26)/t;18-/m.1/s1. The second-order valence-electron chi connectivity index (χ2n) is 15.6. The molecule has 5 heterocycles. The van der Waals surface area contributed by atoms with E-state index in [0.717, 1.165) is 57.8 Å². The van der Waals surface area contributed by atoms with Crippen molar-refractivity contribution in [1.82, 2.24) is 8.97 Å². The number of thiazole rings is 1. The zero-order valence-electron chi connectivity index (χ0n) is 31.8. The van der Waals surface area contributed by atoms with E-state index in [1.165, 1.54) is 81.6 Å². The Labute approximate surface area is 351 Å². The average Bonchev–Trinajstić information content (AvgIpc) is 4.09. The lowest BCUT2D eigenvalue weighted by atomic mass is 9.95. The lowest BCUT2D eigenvalue weighted by Crippen LogP contribution is -2.29. The number of fused-ring (bicyclic) bond motifs is 4. The first-order chi connectivity index (χ1) is 28.7. The summed E-state index contributed by atoms with van der Waals surface area (Å²) in [5.41, 5.74) is 7.29. The summed E-state index contributed by atoms with van der Waals surface area (Å²) in [5, 5.41) is 29.0. The Bertz CT molecular complexity index is 3090. The summed E-state index contributed by atoms with van der Waals surface area (Å²) in [6, 6.07) is 33.7. The Morgan fingerprint density at radius 1 is 0.678 bits per heavy atom. The van der Waals surface area contributed by atoms with Crippen LogP contribution in [-0.2, 0) is 17.6 Å². The van der Waals surface area contributed by atoms with Gasteiger partial charge in [0.2, 0.25) is 0 Å². The molecule has 4 aromatic carbocycles. The first-order valence-corrected chi connectivity index (χ1v) is 22.5. The topological polar surface area (TPSA) is 118 Å². The molecule has 8 aromatic rings. The fraction of sp³-hybridized carbons (Fsp3) is 0.208. The zero-order valence-corrected chi connectivity index (χ0v) is 34.2. The molecule has 2 aliphatic carbocycles. The molecule has 59 heavy (non-hydrogen) atoms. The molecule has 11 rings (SSSR count). The summed E-state index contributed by atoms with van der Waals surface area (Å²) in [7, 11) is 0. The molecule has 294 valence electrons. The van der Waals surface area contributed by atoms with Crippen molar-refractivity contribution in [1.29, 1.82) is 0 Å². The number of hydrogen-bond acceptors (Lipinski definition) is 7. The number of carbonyl (C=O) groups is 2. The SMILES string of the molecule is O=C(O)[C@H]1CSc2c(C3CC3)c(Cc3cccc4ccccc34)cc(=O)n21.O=C(O)c1c(-c2ccsc2)sc2c(C3CC3)c(Cc3cccc4ccccc34)cc(=O)n12. The summed E-state index contributed by atoms with van der Waals surface area (Å²) >= 11 is 4.48. The van der Waals surface area contributed by atoms with E-state index in [1.807, 2.05) is 41.1 Å². The van der Waals surface area contributed by atoms with Crippen LogP contribution in [0.4, 0.5) is 0 Å². The monoisotopic (exact) mass is 834 g/mol. The molecule has 2 N–H and O–H groups in total. The quantitative estimate of drug-likeness (QED) is 0.149. The lowest BCUT2D eigenvalue weighted by Gasteiger charge is -2.17. The zero-order chi connectivity index (χ0) is 40.4. The van der Waals surface area contributed by atoms with Crippen LogP contribution >= 0.6 is 34.4 Å². The second kappa shape index (κ2) is 15.1. The van der Waals surface area contributed by atoms with Crippen molar-refractivity contribution in [2.75, 3.05) is 5.75 Å². The van der Waals surface area contributed by atoms with Gasteiger partial charge in [-0.1, -0.05) is 84.9 Å². The number of aromatic carboxylic acids is 1. The average molecular weight is 835 g/mol. The highest BCUT2D eigenvalue weighted by Gasteiger charge is 2.38.